The highest BCUT2D eigenvalue weighted by Crippen LogP contribution is 2.21. The van der Waals surface area contributed by atoms with Gasteiger partial charge in [-0.3, -0.25) is 4.90 Å². The predicted octanol–water partition coefficient (Wildman–Crippen LogP) is 1.85. The van der Waals surface area contributed by atoms with Crippen molar-refractivity contribution in [1.82, 2.24) is 9.80 Å². The van der Waals surface area contributed by atoms with Crippen molar-refractivity contribution >= 4 is 0 Å². The van der Waals surface area contributed by atoms with Gasteiger partial charge in [0.2, 0.25) is 0 Å². The van der Waals surface area contributed by atoms with Gasteiger partial charge in [-0.1, -0.05) is 0 Å². The van der Waals surface area contributed by atoms with Crippen LogP contribution in [-0.2, 0) is 0 Å². The van der Waals surface area contributed by atoms with Crippen molar-refractivity contribution in [2.24, 2.45) is 5.41 Å². The molecule has 0 aromatic rings. The third kappa shape index (κ3) is 4.64. The Hall–Kier alpha value is -1.10. The summed E-state index contributed by atoms with van der Waals surface area (Å²) in [5, 5.41) is 17.8. The molecule has 0 spiro atoms. The standard InChI is InChI=1S/C14H24N4/c1-13(11-15)18-9-7-17(8-10-18)6-4-5-14(2,3)12-16/h13H,4-10H2,1-3H3. The molecule has 1 saturated heterocycles. The van der Waals surface area contributed by atoms with Crippen LogP contribution in [0, 0.1) is 28.1 Å². The van der Waals surface area contributed by atoms with Crippen LogP contribution in [0.1, 0.15) is 33.6 Å². The van der Waals surface area contributed by atoms with Crippen LogP contribution in [0.2, 0.25) is 0 Å². The summed E-state index contributed by atoms with van der Waals surface area (Å²) >= 11 is 0. The Morgan fingerprint density at radius 1 is 1.17 bits per heavy atom. The van der Waals surface area contributed by atoms with Crippen molar-refractivity contribution in [1.29, 1.82) is 10.5 Å². The van der Waals surface area contributed by atoms with Crippen molar-refractivity contribution in [3.05, 3.63) is 0 Å². The Morgan fingerprint density at radius 2 is 1.78 bits per heavy atom. The topological polar surface area (TPSA) is 54.1 Å². The van der Waals surface area contributed by atoms with Crippen molar-refractivity contribution in [2.45, 2.75) is 39.7 Å². The highest BCUT2D eigenvalue weighted by molar-refractivity contribution is 4.92. The first kappa shape index (κ1) is 15.0. The van der Waals surface area contributed by atoms with E-state index in [0.717, 1.165) is 45.6 Å². The molecule has 0 N–H and O–H groups in total. The van der Waals surface area contributed by atoms with Gasteiger partial charge in [-0.2, -0.15) is 10.5 Å². The molecule has 4 heteroatoms. The first-order valence-corrected chi connectivity index (χ1v) is 6.76. The molecule has 0 aromatic carbocycles. The van der Waals surface area contributed by atoms with E-state index < -0.39 is 0 Å². The van der Waals surface area contributed by atoms with Crippen LogP contribution in [0.25, 0.3) is 0 Å². The minimum absolute atomic E-state index is 0.0321. The molecule has 0 bridgehead atoms. The van der Waals surface area contributed by atoms with Gasteiger partial charge in [0.1, 0.15) is 0 Å². The molecule has 1 fully saturated rings. The molecule has 4 nitrogen and oxygen atoms in total. The predicted molar refractivity (Wildman–Crippen MR) is 71.7 cm³/mol. The first-order chi connectivity index (χ1) is 8.48. The molecule has 1 aliphatic rings. The van der Waals surface area contributed by atoms with Gasteiger partial charge < -0.3 is 4.90 Å². The molecule has 0 amide bonds. The van der Waals surface area contributed by atoms with E-state index in [-0.39, 0.29) is 11.5 Å². The lowest BCUT2D eigenvalue weighted by Crippen LogP contribution is -2.49. The fourth-order valence-electron chi connectivity index (χ4n) is 2.26. The quantitative estimate of drug-likeness (QED) is 0.745. The highest BCUT2D eigenvalue weighted by Gasteiger charge is 2.21. The summed E-state index contributed by atoms with van der Waals surface area (Å²) in [6, 6.07) is 4.67. The average molecular weight is 248 g/mol. The number of rotatable bonds is 5. The van der Waals surface area contributed by atoms with E-state index in [1.165, 1.54) is 0 Å². The second-order valence-corrected chi connectivity index (χ2v) is 5.78. The number of nitriles is 2. The van der Waals surface area contributed by atoms with E-state index in [1.54, 1.807) is 0 Å². The monoisotopic (exact) mass is 248 g/mol. The zero-order valence-electron chi connectivity index (χ0n) is 11.8. The van der Waals surface area contributed by atoms with E-state index >= 15 is 0 Å². The maximum absolute atomic E-state index is 8.95. The molecule has 0 aromatic heterocycles. The van der Waals surface area contributed by atoms with Crippen LogP contribution in [-0.4, -0.2) is 48.6 Å². The molecule has 1 heterocycles. The molecule has 1 atom stereocenters. The summed E-state index contributed by atoms with van der Waals surface area (Å²) in [7, 11) is 0. The Kier molecular flexibility index (Phi) is 5.59. The molecular formula is C14H24N4. The second-order valence-electron chi connectivity index (χ2n) is 5.78. The van der Waals surface area contributed by atoms with Gasteiger partial charge in [-0.05, 0) is 40.2 Å². The SMILES string of the molecule is CC(C#N)N1CCN(CCCC(C)(C)C#N)CC1. The van der Waals surface area contributed by atoms with Gasteiger partial charge in [-0.25, -0.2) is 0 Å². The Balaban J connectivity index is 2.21. The van der Waals surface area contributed by atoms with Crippen LogP contribution in [0.15, 0.2) is 0 Å². The summed E-state index contributed by atoms with van der Waals surface area (Å²) < 4.78 is 0. The minimum atomic E-state index is -0.197. The zero-order valence-corrected chi connectivity index (χ0v) is 11.8. The third-order valence-electron chi connectivity index (χ3n) is 3.72. The third-order valence-corrected chi connectivity index (χ3v) is 3.72. The molecule has 1 aliphatic heterocycles. The highest BCUT2D eigenvalue weighted by atomic mass is 15.3. The first-order valence-electron chi connectivity index (χ1n) is 6.76. The molecule has 0 radical (unpaired) electrons. The van der Waals surface area contributed by atoms with Gasteiger partial charge >= 0.3 is 0 Å². The van der Waals surface area contributed by atoms with E-state index in [0.29, 0.717) is 0 Å². The van der Waals surface area contributed by atoms with Crippen molar-refractivity contribution in [2.75, 3.05) is 32.7 Å². The summed E-state index contributed by atoms with van der Waals surface area (Å²) in [4.78, 5) is 4.67. The van der Waals surface area contributed by atoms with Gasteiger partial charge in [0.25, 0.3) is 0 Å². The number of piperazine rings is 1. The summed E-state index contributed by atoms with van der Waals surface area (Å²) in [5.74, 6) is 0. The number of nitrogens with zero attached hydrogens (tertiary/aromatic N) is 4. The average Bonchev–Trinajstić information content (AvgIpc) is 2.38. The van der Waals surface area contributed by atoms with Gasteiger partial charge in [-0.15, -0.1) is 0 Å². The lowest BCUT2D eigenvalue weighted by Gasteiger charge is -2.36. The lowest BCUT2D eigenvalue weighted by atomic mass is 9.90. The van der Waals surface area contributed by atoms with E-state index in [1.807, 2.05) is 20.8 Å². The Morgan fingerprint density at radius 3 is 2.28 bits per heavy atom. The summed E-state index contributed by atoms with van der Waals surface area (Å²) in [6.07, 6.45) is 2.03. The molecule has 0 saturated carbocycles. The molecule has 0 aliphatic carbocycles. The van der Waals surface area contributed by atoms with E-state index in [4.69, 9.17) is 10.5 Å². The normalized spacial score (nSPS) is 20.1. The van der Waals surface area contributed by atoms with Gasteiger partial charge in [0.15, 0.2) is 0 Å². The molecule has 100 valence electrons. The van der Waals surface area contributed by atoms with Crippen LogP contribution < -0.4 is 0 Å². The smallest absolute Gasteiger partial charge is 0.0950 e. The number of hydrogen-bond donors (Lipinski definition) is 0. The maximum atomic E-state index is 8.95. The lowest BCUT2D eigenvalue weighted by molar-refractivity contribution is 0.116. The maximum Gasteiger partial charge on any atom is 0.0950 e. The van der Waals surface area contributed by atoms with Gasteiger partial charge in [0.05, 0.1) is 23.6 Å². The van der Waals surface area contributed by atoms with E-state index in [9.17, 15) is 0 Å². The zero-order chi connectivity index (χ0) is 13.6. The largest absolute Gasteiger partial charge is 0.301 e. The fourth-order valence-corrected chi connectivity index (χ4v) is 2.26. The van der Waals surface area contributed by atoms with Crippen molar-refractivity contribution < 1.29 is 0 Å². The Labute approximate surface area is 111 Å². The summed E-state index contributed by atoms with van der Waals surface area (Å²) in [5.41, 5.74) is -0.197. The van der Waals surface area contributed by atoms with Crippen LogP contribution in [0.4, 0.5) is 0 Å². The molecule has 18 heavy (non-hydrogen) atoms. The summed E-state index contributed by atoms with van der Waals surface area (Å²) in [6.45, 7) is 11.1. The molecule has 1 unspecified atom stereocenters. The van der Waals surface area contributed by atoms with Crippen LogP contribution >= 0.6 is 0 Å². The second kappa shape index (κ2) is 6.73. The molecule has 1 rings (SSSR count). The van der Waals surface area contributed by atoms with Crippen molar-refractivity contribution in [3.8, 4) is 12.1 Å². The Bertz CT molecular complexity index is 329. The van der Waals surface area contributed by atoms with E-state index in [2.05, 4.69) is 21.9 Å². The van der Waals surface area contributed by atoms with Gasteiger partial charge in [0, 0.05) is 26.2 Å². The number of hydrogen-bond acceptors (Lipinski definition) is 4. The molecular weight excluding hydrogens is 224 g/mol. The van der Waals surface area contributed by atoms with Crippen molar-refractivity contribution in [3.63, 3.8) is 0 Å². The fraction of sp³-hybridized carbons (Fsp3) is 0.857. The van der Waals surface area contributed by atoms with Crippen LogP contribution in [0.5, 0.6) is 0 Å². The minimum Gasteiger partial charge on any atom is -0.301 e. The van der Waals surface area contributed by atoms with Crippen LogP contribution in [0.3, 0.4) is 0 Å².